The molecular formula is C35H38N2O5S. The first-order valence-corrected chi connectivity index (χ1v) is 15.9. The summed E-state index contributed by atoms with van der Waals surface area (Å²) >= 11 is 1.82. The van der Waals surface area contributed by atoms with E-state index in [1.54, 1.807) is 7.11 Å². The summed E-state index contributed by atoms with van der Waals surface area (Å²) in [5.41, 5.74) is 4.81. The molecule has 2 amide bonds. The van der Waals surface area contributed by atoms with Crippen LogP contribution in [0.3, 0.4) is 0 Å². The van der Waals surface area contributed by atoms with Gasteiger partial charge in [-0.15, -0.1) is 11.3 Å². The summed E-state index contributed by atoms with van der Waals surface area (Å²) in [5.74, 6) is 1.86. The molecule has 0 aliphatic carbocycles. The van der Waals surface area contributed by atoms with Crippen LogP contribution >= 0.6 is 11.3 Å². The van der Waals surface area contributed by atoms with E-state index in [1.165, 1.54) is 62.5 Å². The van der Waals surface area contributed by atoms with Crippen LogP contribution in [0.1, 0.15) is 42.4 Å². The Morgan fingerprint density at radius 1 is 0.814 bits per heavy atom. The monoisotopic (exact) mass is 598 g/mol. The lowest BCUT2D eigenvalue weighted by Gasteiger charge is -2.16. The number of ether oxygens (including phenoxy) is 3. The fourth-order valence-electron chi connectivity index (χ4n) is 5.93. The number of carbonyl (C=O) groups is 2. The van der Waals surface area contributed by atoms with Gasteiger partial charge in [-0.05, 0) is 109 Å². The molecule has 3 heterocycles. The van der Waals surface area contributed by atoms with E-state index >= 15 is 0 Å². The van der Waals surface area contributed by atoms with Gasteiger partial charge in [-0.2, -0.15) is 0 Å². The standard InChI is InChI=1S/C35H38N2O5S/c1-24-5-11-28-29(22-25-6-12-30(31(23-25)40-2)42-20-18-37-33(38)13-14-34(37)39)35(43-32(28)21-24)26-7-9-27(10-8-26)41-19-17-36-15-3-4-16-36/h5-12,21,23H,3-4,13-20,22H2,1-2H3. The predicted molar refractivity (Wildman–Crippen MR) is 170 cm³/mol. The summed E-state index contributed by atoms with van der Waals surface area (Å²) in [6, 6.07) is 21.1. The van der Waals surface area contributed by atoms with Crippen molar-refractivity contribution in [2.75, 3.05) is 46.5 Å². The van der Waals surface area contributed by atoms with Gasteiger partial charge in [0.05, 0.1) is 13.7 Å². The smallest absolute Gasteiger partial charge is 0.229 e. The molecule has 43 heavy (non-hydrogen) atoms. The first-order valence-electron chi connectivity index (χ1n) is 15.1. The van der Waals surface area contributed by atoms with Crippen LogP contribution in [-0.2, 0) is 16.0 Å². The number of benzene rings is 3. The van der Waals surface area contributed by atoms with E-state index in [0.29, 0.717) is 18.1 Å². The molecule has 3 aromatic carbocycles. The van der Waals surface area contributed by atoms with Crippen LogP contribution < -0.4 is 14.2 Å². The lowest BCUT2D eigenvalue weighted by Crippen LogP contribution is -2.33. The van der Waals surface area contributed by atoms with Crippen molar-refractivity contribution in [3.63, 3.8) is 0 Å². The molecule has 224 valence electrons. The van der Waals surface area contributed by atoms with Crippen molar-refractivity contribution < 1.29 is 23.8 Å². The van der Waals surface area contributed by atoms with E-state index in [4.69, 9.17) is 14.2 Å². The summed E-state index contributed by atoms with van der Waals surface area (Å²) in [6.07, 6.45) is 3.89. The number of likely N-dealkylation sites (tertiary alicyclic amines) is 2. The lowest BCUT2D eigenvalue weighted by molar-refractivity contribution is -0.138. The molecule has 7 nitrogen and oxygen atoms in total. The van der Waals surface area contributed by atoms with Crippen LogP contribution in [0.5, 0.6) is 17.2 Å². The minimum Gasteiger partial charge on any atom is -0.493 e. The number of methoxy groups -OCH3 is 1. The maximum atomic E-state index is 11.9. The van der Waals surface area contributed by atoms with Gasteiger partial charge < -0.3 is 14.2 Å². The number of aryl methyl sites for hydroxylation is 1. The maximum Gasteiger partial charge on any atom is 0.229 e. The molecule has 2 aliphatic heterocycles. The van der Waals surface area contributed by atoms with Gasteiger partial charge in [0.1, 0.15) is 19.0 Å². The van der Waals surface area contributed by atoms with Gasteiger partial charge in [-0.3, -0.25) is 19.4 Å². The molecule has 8 heteroatoms. The second kappa shape index (κ2) is 13.2. The highest BCUT2D eigenvalue weighted by atomic mass is 32.1. The summed E-state index contributed by atoms with van der Waals surface area (Å²) in [6.45, 7) is 6.65. The molecule has 0 N–H and O–H groups in total. The Kier molecular flexibility index (Phi) is 8.95. The van der Waals surface area contributed by atoms with E-state index < -0.39 is 0 Å². The second-order valence-corrected chi connectivity index (χ2v) is 12.3. The highest BCUT2D eigenvalue weighted by molar-refractivity contribution is 7.22. The molecule has 0 spiro atoms. The van der Waals surface area contributed by atoms with Gasteiger partial charge in [0, 0.05) is 29.0 Å². The molecule has 4 aromatic rings. The van der Waals surface area contributed by atoms with Crippen molar-refractivity contribution in [3.8, 4) is 27.7 Å². The fraction of sp³-hybridized carbons (Fsp3) is 0.371. The molecular weight excluding hydrogens is 560 g/mol. The van der Waals surface area contributed by atoms with Gasteiger partial charge in [0.2, 0.25) is 11.8 Å². The van der Waals surface area contributed by atoms with Gasteiger partial charge >= 0.3 is 0 Å². The van der Waals surface area contributed by atoms with Crippen LogP contribution in [0.25, 0.3) is 20.5 Å². The summed E-state index contributed by atoms with van der Waals surface area (Å²) in [7, 11) is 1.63. The molecule has 6 rings (SSSR count). The first-order chi connectivity index (χ1) is 21.0. The second-order valence-electron chi connectivity index (χ2n) is 11.3. The molecule has 0 unspecified atom stereocenters. The van der Waals surface area contributed by atoms with Gasteiger partial charge in [-0.25, -0.2) is 0 Å². The number of carbonyl (C=O) groups excluding carboxylic acids is 2. The minimum absolute atomic E-state index is 0.135. The molecule has 2 fully saturated rings. The van der Waals surface area contributed by atoms with Crippen LogP contribution in [-0.4, -0.2) is 68.1 Å². The number of rotatable bonds is 12. The third-order valence-corrected chi connectivity index (χ3v) is 9.52. The Morgan fingerprint density at radius 2 is 1.56 bits per heavy atom. The number of hydrogen-bond donors (Lipinski definition) is 0. The van der Waals surface area contributed by atoms with E-state index in [1.807, 2.05) is 23.5 Å². The molecule has 0 atom stereocenters. The lowest BCUT2D eigenvalue weighted by atomic mass is 9.98. The van der Waals surface area contributed by atoms with Crippen LogP contribution in [0.4, 0.5) is 0 Å². The zero-order valence-electron chi connectivity index (χ0n) is 24.9. The van der Waals surface area contributed by atoms with E-state index in [0.717, 1.165) is 24.3 Å². The molecule has 0 bridgehead atoms. The molecule has 2 aliphatic rings. The van der Waals surface area contributed by atoms with E-state index in [-0.39, 0.29) is 37.8 Å². The topological polar surface area (TPSA) is 68.3 Å². The summed E-state index contributed by atoms with van der Waals surface area (Å²) in [4.78, 5) is 28.8. The molecule has 0 saturated carbocycles. The molecule has 1 aromatic heterocycles. The van der Waals surface area contributed by atoms with Gasteiger partial charge in [0.25, 0.3) is 0 Å². The largest absolute Gasteiger partial charge is 0.493 e. The zero-order chi connectivity index (χ0) is 29.8. The van der Waals surface area contributed by atoms with E-state index in [9.17, 15) is 9.59 Å². The molecule has 0 radical (unpaired) electrons. The molecule has 2 saturated heterocycles. The zero-order valence-corrected chi connectivity index (χ0v) is 25.7. The Hall–Kier alpha value is -3.88. The van der Waals surface area contributed by atoms with Crippen LogP contribution in [0.2, 0.25) is 0 Å². The Morgan fingerprint density at radius 3 is 2.30 bits per heavy atom. The third kappa shape index (κ3) is 6.71. The van der Waals surface area contributed by atoms with Crippen molar-refractivity contribution >= 4 is 33.2 Å². The quantitative estimate of drug-likeness (QED) is 0.174. The number of fused-ring (bicyclic) bond motifs is 1. The highest BCUT2D eigenvalue weighted by Gasteiger charge is 2.28. The number of amides is 2. The van der Waals surface area contributed by atoms with Crippen LogP contribution in [0.15, 0.2) is 60.7 Å². The number of imide groups is 1. The summed E-state index contributed by atoms with van der Waals surface area (Å²) < 4.78 is 19.0. The SMILES string of the molecule is COc1cc(Cc2c(-c3ccc(OCCN4CCCC4)cc3)sc3cc(C)ccc23)ccc1OCCN1C(=O)CCC1=O. The van der Waals surface area contributed by atoms with E-state index in [2.05, 4.69) is 60.4 Å². The van der Waals surface area contributed by atoms with Gasteiger partial charge in [-0.1, -0.05) is 18.2 Å². The average molecular weight is 599 g/mol. The normalized spacial score (nSPS) is 15.5. The van der Waals surface area contributed by atoms with Gasteiger partial charge in [0.15, 0.2) is 11.5 Å². The highest BCUT2D eigenvalue weighted by Crippen LogP contribution is 2.41. The van der Waals surface area contributed by atoms with Crippen molar-refractivity contribution in [2.45, 2.75) is 39.0 Å². The Bertz CT molecular complexity index is 1590. The Labute approximate surface area is 257 Å². The van der Waals surface area contributed by atoms with Crippen molar-refractivity contribution in [3.05, 3.63) is 77.4 Å². The minimum atomic E-state index is -0.135. The average Bonchev–Trinajstić information content (AvgIpc) is 3.74. The maximum absolute atomic E-state index is 11.9. The fourth-order valence-corrected chi connectivity index (χ4v) is 7.26. The predicted octanol–water partition coefficient (Wildman–Crippen LogP) is 6.48. The summed E-state index contributed by atoms with van der Waals surface area (Å²) in [5, 5.41) is 1.26. The van der Waals surface area contributed by atoms with Crippen molar-refractivity contribution in [2.24, 2.45) is 0 Å². The van der Waals surface area contributed by atoms with Crippen molar-refractivity contribution in [1.82, 2.24) is 9.80 Å². The van der Waals surface area contributed by atoms with Crippen LogP contribution in [0, 0.1) is 6.92 Å². The number of nitrogens with zero attached hydrogens (tertiary/aromatic N) is 2. The third-order valence-electron chi connectivity index (χ3n) is 8.28. The number of thiophene rings is 1. The first kappa shape index (κ1) is 29.2. The number of hydrogen-bond acceptors (Lipinski definition) is 7. The Balaban J connectivity index is 1.19. The van der Waals surface area contributed by atoms with Crippen molar-refractivity contribution in [1.29, 1.82) is 0 Å².